The van der Waals surface area contributed by atoms with Gasteiger partial charge in [0.25, 0.3) is 5.91 Å². The highest BCUT2D eigenvalue weighted by Gasteiger charge is 2.21. The minimum absolute atomic E-state index is 0.0866. The molecule has 2 aromatic rings. The highest BCUT2D eigenvalue weighted by Crippen LogP contribution is 2.22. The van der Waals surface area contributed by atoms with Gasteiger partial charge in [-0.2, -0.15) is 0 Å². The minimum atomic E-state index is -0.317. The molecule has 1 atom stereocenters. The molecule has 1 heterocycles. The number of amides is 2. The average Bonchev–Trinajstić information content (AvgIpc) is 2.64. The number of anilines is 2. The highest BCUT2D eigenvalue weighted by atomic mass is 35.5. The van der Waals surface area contributed by atoms with Crippen molar-refractivity contribution in [1.82, 2.24) is 5.32 Å². The molecule has 0 aliphatic carbocycles. The largest absolute Gasteiger partial charge is 0.325 e. The molecule has 1 fully saturated rings. The van der Waals surface area contributed by atoms with Gasteiger partial charge >= 0.3 is 0 Å². The molecule has 1 unspecified atom stereocenters. The van der Waals surface area contributed by atoms with E-state index in [2.05, 4.69) is 16.0 Å². The lowest BCUT2D eigenvalue weighted by Crippen LogP contribution is -2.43. The van der Waals surface area contributed by atoms with E-state index >= 15 is 0 Å². The van der Waals surface area contributed by atoms with Crippen LogP contribution in [0.15, 0.2) is 48.5 Å². The number of rotatable bonds is 4. The van der Waals surface area contributed by atoms with Gasteiger partial charge < -0.3 is 16.0 Å². The van der Waals surface area contributed by atoms with E-state index in [-0.39, 0.29) is 17.9 Å². The van der Waals surface area contributed by atoms with Crippen LogP contribution in [0.3, 0.4) is 0 Å². The third-order valence-corrected chi connectivity index (χ3v) is 4.47. The van der Waals surface area contributed by atoms with Crippen LogP contribution in [0, 0.1) is 0 Å². The Bertz CT molecular complexity index is 759. The Labute approximate surface area is 151 Å². The summed E-state index contributed by atoms with van der Waals surface area (Å²) in [5.74, 6) is -0.403. The van der Waals surface area contributed by atoms with E-state index in [1.807, 2.05) is 18.2 Å². The summed E-state index contributed by atoms with van der Waals surface area (Å²) in [5, 5.41) is 9.19. The van der Waals surface area contributed by atoms with Crippen molar-refractivity contribution in [3.63, 3.8) is 0 Å². The number of benzene rings is 2. The molecule has 1 saturated heterocycles. The third kappa shape index (κ3) is 4.59. The van der Waals surface area contributed by atoms with Gasteiger partial charge in [0.1, 0.15) is 0 Å². The van der Waals surface area contributed by atoms with Crippen LogP contribution in [-0.2, 0) is 4.79 Å². The summed E-state index contributed by atoms with van der Waals surface area (Å²) in [6.45, 7) is 0.851. The van der Waals surface area contributed by atoms with Crippen LogP contribution in [0.5, 0.6) is 0 Å². The van der Waals surface area contributed by atoms with Crippen molar-refractivity contribution in [2.45, 2.75) is 25.3 Å². The van der Waals surface area contributed by atoms with E-state index in [9.17, 15) is 9.59 Å². The molecule has 1 aliphatic heterocycles. The van der Waals surface area contributed by atoms with Crippen LogP contribution in [0.2, 0.25) is 5.02 Å². The minimum Gasteiger partial charge on any atom is -0.325 e. The van der Waals surface area contributed by atoms with Crippen molar-refractivity contribution in [2.24, 2.45) is 0 Å². The van der Waals surface area contributed by atoms with E-state index in [0.717, 1.165) is 25.8 Å². The Balaban J connectivity index is 1.71. The summed E-state index contributed by atoms with van der Waals surface area (Å²) in [5.41, 5.74) is 1.56. The fourth-order valence-electron chi connectivity index (χ4n) is 2.80. The Morgan fingerprint density at radius 2 is 1.80 bits per heavy atom. The Kier molecular flexibility index (Phi) is 5.68. The normalized spacial score (nSPS) is 16.9. The standard InChI is InChI=1S/C19H20ClN3O2/c20-16-10-9-14(23-19(25)17-8-4-5-11-21-17)12-15(16)18(24)22-13-6-2-1-3-7-13/h1-3,6-7,9-10,12,17,21H,4-5,8,11H2,(H,22,24)(H,23,25). The first-order valence-corrected chi connectivity index (χ1v) is 8.71. The van der Waals surface area contributed by atoms with E-state index in [4.69, 9.17) is 11.6 Å². The van der Waals surface area contributed by atoms with Crippen molar-refractivity contribution in [1.29, 1.82) is 0 Å². The molecular weight excluding hydrogens is 338 g/mol. The molecule has 130 valence electrons. The van der Waals surface area contributed by atoms with Crippen LogP contribution in [0.25, 0.3) is 0 Å². The number of hydrogen-bond acceptors (Lipinski definition) is 3. The number of hydrogen-bond donors (Lipinski definition) is 3. The number of para-hydroxylation sites is 1. The zero-order valence-corrected chi connectivity index (χ0v) is 14.5. The van der Waals surface area contributed by atoms with Crippen molar-refractivity contribution in [3.05, 3.63) is 59.1 Å². The Morgan fingerprint density at radius 3 is 2.52 bits per heavy atom. The Morgan fingerprint density at radius 1 is 1.00 bits per heavy atom. The highest BCUT2D eigenvalue weighted by molar-refractivity contribution is 6.34. The van der Waals surface area contributed by atoms with Crippen LogP contribution in [0.1, 0.15) is 29.6 Å². The van der Waals surface area contributed by atoms with Gasteiger partial charge in [0.05, 0.1) is 16.6 Å². The monoisotopic (exact) mass is 357 g/mol. The van der Waals surface area contributed by atoms with Gasteiger partial charge in [-0.25, -0.2) is 0 Å². The lowest BCUT2D eigenvalue weighted by atomic mass is 10.0. The lowest BCUT2D eigenvalue weighted by Gasteiger charge is -2.22. The zero-order chi connectivity index (χ0) is 17.6. The predicted octanol–water partition coefficient (Wildman–Crippen LogP) is 3.67. The summed E-state index contributed by atoms with van der Waals surface area (Å²) in [4.78, 5) is 24.8. The number of carbonyl (C=O) groups excluding carboxylic acids is 2. The van der Waals surface area contributed by atoms with E-state index in [1.54, 1.807) is 30.3 Å². The second-order valence-corrected chi connectivity index (χ2v) is 6.41. The summed E-state index contributed by atoms with van der Waals surface area (Å²) in [6.07, 6.45) is 2.95. The maximum Gasteiger partial charge on any atom is 0.257 e. The smallest absolute Gasteiger partial charge is 0.257 e. The van der Waals surface area contributed by atoms with Crippen LogP contribution in [0.4, 0.5) is 11.4 Å². The second kappa shape index (κ2) is 8.14. The first-order valence-electron chi connectivity index (χ1n) is 8.34. The maximum absolute atomic E-state index is 12.5. The molecule has 0 aromatic heterocycles. The Hall–Kier alpha value is -2.37. The van der Waals surface area contributed by atoms with Crippen molar-refractivity contribution in [2.75, 3.05) is 17.2 Å². The molecule has 2 aromatic carbocycles. The molecule has 5 nitrogen and oxygen atoms in total. The van der Waals surface area contributed by atoms with Gasteiger partial charge in [0, 0.05) is 11.4 Å². The second-order valence-electron chi connectivity index (χ2n) is 6.01. The first kappa shape index (κ1) is 17.5. The molecule has 3 N–H and O–H groups in total. The summed E-state index contributed by atoms with van der Waals surface area (Å²) in [7, 11) is 0. The van der Waals surface area contributed by atoms with Gasteiger partial charge in [-0.05, 0) is 49.7 Å². The third-order valence-electron chi connectivity index (χ3n) is 4.14. The molecular formula is C19H20ClN3O2. The molecule has 25 heavy (non-hydrogen) atoms. The fraction of sp³-hybridized carbons (Fsp3) is 0.263. The summed E-state index contributed by atoms with van der Waals surface area (Å²) >= 11 is 6.16. The number of nitrogens with one attached hydrogen (secondary N) is 3. The molecule has 0 saturated carbocycles. The zero-order valence-electron chi connectivity index (χ0n) is 13.7. The number of carbonyl (C=O) groups is 2. The van der Waals surface area contributed by atoms with Gasteiger partial charge in [-0.3, -0.25) is 9.59 Å². The maximum atomic E-state index is 12.5. The molecule has 6 heteroatoms. The topological polar surface area (TPSA) is 70.2 Å². The van der Waals surface area contributed by atoms with Crippen molar-refractivity contribution >= 4 is 34.8 Å². The SMILES string of the molecule is O=C(Nc1ccccc1)c1cc(NC(=O)C2CCCCN2)ccc1Cl. The molecule has 1 aliphatic rings. The lowest BCUT2D eigenvalue weighted by molar-refractivity contribution is -0.118. The molecule has 2 amide bonds. The van der Waals surface area contributed by atoms with E-state index < -0.39 is 0 Å². The first-order chi connectivity index (χ1) is 12.1. The van der Waals surface area contributed by atoms with Crippen LogP contribution < -0.4 is 16.0 Å². The number of halogens is 1. The van der Waals surface area contributed by atoms with Gasteiger partial charge in [0.2, 0.25) is 5.91 Å². The van der Waals surface area contributed by atoms with E-state index in [1.165, 1.54) is 0 Å². The van der Waals surface area contributed by atoms with Crippen molar-refractivity contribution < 1.29 is 9.59 Å². The predicted molar refractivity (Wildman–Crippen MR) is 100 cm³/mol. The molecule has 0 radical (unpaired) electrons. The van der Waals surface area contributed by atoms with E-state index in [0.29, 0.717) is 22.0 Å². The van der Waals surface area contributed by atoms with Crippen LogP contribution in [-0.4, -0.2) is 24.4 Å². The summed E-state index contributed by atoms with van der Waals surface area (Å²) < 4.78 is 0. The molecule has 3 rings (SSSR count). The number of piperidine rings is 1. The average molecular weight is 358 g/mol. The van der Waals surface area contributed by atoms with Crippen molar-refractivity contribution in [3.8, 4) is 0 Å². The van der Waals surface area contributed by atoms with Gasteiger partial charge in [0.15, 0.2) is 0 Å². The molecule has 0 spiro atoms. The molecule has 0 bridgehead atoms. The quantitative estimate of drug-likeness (QED) is 0.781. The van der Waals surface area contributed by atoms with Gasteiger partial charge in [-0.1, -0.05) is 36.2 Å². The van der Waals surface area contributed by atoms with Crippen LogP contribution >= 0.6 is 11.6 Å². The van der Waals surface area contributed by atoms with Gasteiger partial charge in [-0.15, -0.1) is 0 Å². The summed E-state index contributed by atoms with van der Waals surface area (Å²) in [6, 6.07) is 13.9. The fourth-order valence-corrected chi connectivity index (χ4v) is 3.01.